The van der Waals surface area contributed by atoms with Crippen LogP contribution in [0, 0.1) is 5.92 Å². The largest absolute Gasteiger partial charge is 0.544 e. The first-order valence-electron chi connectivity index (χ1n) is 6.82. The van der Waals surface area contributed by atoms with Gasteiger partial charge in [0.1, 0.15) is 5.75 Å². The fraction of sp³-hybridized carbons (Fsp3) is 0.600. The Morgan fingerprint density at radius 1 is 1.06 bits per heavy atom. The first-order chi connectivity index (χ1) is 8.28. The maximum atomic E-state index is 6.19. The summed E-state index contributed by atoms with van der Waals surface area (Å²) in [4.78, 5) is 0. The molecule has 0 spiro atoms. The topological polar surface area (TPSA) is 35.2 Å². The van der Waals surface area contributed by atoms with E-state index in [9.17, 15) is 0 Å². The van der Waals surface area contributed by atoms with E-state index < -0.39 is 8.32 Å². The molecule has 0 unspecified atom stereocenters. The van der Waals surface area contributed by atoms with E-state index in [1.165, 1.54) is 12.0 Å². The first-order valence-corrected chi connectivity index (χ1v) is 10.2. The van der Waals surface area contributed by atoms with Gasteiger partial charge in [0, 0.05) is 6.04 Å². The van der Waals surface area contributed by atoms with Crippen LogP contribution in [0.4, 0.5) is 0 Å². The summed E-state index contributed by atoms with van der Waals surface area (Å²) in [6, 6.07) is 8.43. The summed E-state index contributed by atoms with van der Waals surface area (Å²) in [5.41, 5.74) is 7.40. The van der Waals surface area contributed by atoms with Crippen molar-refractivity contribution in [3.63, 3.8) is 0 Å². The monoisotopic (exact) mass is 265 g/mol. The van der Waals surface area contributed by atoms with Crippen molar-refractivity contribution < 1.29 is 4.43 Å². The Balaban J connectivity index is 2.59. The van der Waals surface area contributed by atoms with Crippen molar-refractivity contribution in [2.45, 2.75) is 52.4 Å². The van der Waals surface area contributed by atoms with E-state index in [4.69, 9.17) is 10.2 Å². The van der Waals surface area contributed by atoms with Gasteiger partial charge in [0.2, 0.25) is 8.32 Å². The quantitative estimate of drug-likeness (QED) is 0.777. The minimum atomic E-state index is -1.50. The van der Waals surface area contributed by atoms with Crippen molar-refractivity contribution in [3.05, 3.63) is 29.8 Å². The van der Waals surface area contributed by atoms with Crippen LogP contribution in [0.25, 0.3) is 0 Å². The lowest BCUT2D eigenvalue weighted by Crippen LogP contribution is -2.29. The van der Waals surface area contributed by atoms with Crippen molar-refractivity contribution in [1.82, 2.24) is 0 Å². The van der Waals surface area contributed by atoms with E-state index in [2.05, 4.69) is 45.6 Å². The van der Waals surface area contributed by atoms with Crippen molar-refractivity contribution >= 4 is 8.32 Å². The number of nitrogens with two attached hydrogens (primary N) is 1. The smallest absolute Gasteiger partial charge is 0.242 e. The van der Waals surface area contributed by atoms with Crippen LogP contribution < -0.4 is 10.2 Å². The van der Waals surface area contributed by atoms with Crippen molar-refractivity contribution in [1.29, 1.82) is 0 Å². The average molecular weight is 265 g/mol. The molecule has 1 atom stereocenters. The first kappa shape index (κ1) is 15.3. The average Bonchev–Trinajstić information content (AvgIpc) is 2.24. The third-order valence-electron chi connectivity index (χ3n) is 2.79. The summed E-state index contributed by atoms with van der Waals surface area (Å²) < 4.78 is 5.93. The number of rotatable bonds is 6. The van der Waals surface area contributed by atoms with Crippen LogP contribution in [-0.2, 0) is 0 Å². The lowest BCUT2D eigenvalue weighted by atomic mass is 9.98. The summed E-state index contributed by atoms with van der Waals surface area (Å²) in [7, 11) is -1.50. The molecule has 0 amide bonds. The van der Waals surface area contributed by atoms with Crippen LogP contribution in [0.3, 0.4) is 0 Å². The van der Waals surface area contributed by atoms with E-state index in [-0.39, 0.29) is 6.04 Å². The molecule has 0 aliphatic rings. The molecule has 0 bridgehead atoms. The van der Waals surface area contributed by atoms with Crippen LogP contribution >= 0.6 is 0 Å². The van der Waals surface area contributed by atoms with Gasteiger partial charge in [0.25, 0.3) is 0 Å². The van der Waals surface area contributed by atoms with Gasteiger partial charge in [-0.2, -0.15) is 0 Å². The standard InChI is InChI=1S/C15H27NOSi/c1-12(2)6-11-15(16)13-7-9-14(10-8-13)17-18(3,4)5/h7-10,12,15H,6,11,16H2,1-5H3/t15-/m1/s1. The van der Waals surface area contributed by atoms with E-state index in [1.807, 2.05) is 12.1 Å². The maximum absolute atomic E-state index is 6.19. The minimum Gasteiger partial charge on any atom is -0.544 e. The van der Waals surface area contributed by atoms with Gasteiger partial charge in [-0.3, -0.25) is 0 Å². The fourth-order valence-electron chi connectivity index (χ4n) is 1.82. The van der Waals surface area contributed by atoms with Crippen molar-refractivity contribution in [2.75, 3.05) is 0 Å². The molecule has 1 rings (SSSR count). The Kier molecular flexibility index (Phi) is 5.41. The lowest BCUT2D eigenvalue weighted by molar-refractivity contribution is 0.506. The van der Waals surface area contributed by atoms with Crippen LogP contribution in [0.15, 0.2) is 24.3 Å². The third kappa shape index (κ3) is 5.69. The molecule has 0 fully saturated rings. The molecule has 0 saturated heterocycles. The second-order valence-electron chi connectivity index (χ2n) is 6.36. The highest BCUT2D eigenvalue weighted by Crippen LogP contribution is 2.22. The molecule has 0 aromatic heterocycles. The molecule has 1 aromatic carbocycles. The molecule has 102 valence electrons. The maximum Gasteiger partial charge on any atom is 0.242 e. The number of hydrogen-bond donors (Lipinski definition) is 1. The molecule has 2 nitrogen and oxygen atoms in total. The van der Waals surface area contributed by atoms with Gasteiger partial charge in [-0.25, -0.2) is 0 Å². The Morgan fingerprint density at radius 3 is 2.06 bits per heavy atom. The normalized spacial score (nSPS) is 13.7. The van der Waals surface area contributed by atoms with Crippen LogP contribution in [0.1, 0.15) is 38.3 Å². The molecule has 1 aromatic rings. The Morgan fingerprint density at radius 2 is 1.61 bits per heavy atom. The molecule has 18 heavy (non-hydrogen) atoms. The van der Waals surface area contributed by atoms with E-state index >= 15 is 0 Å². The number of benzene rings is 1. The Bertz CT molecular complexity index is 354. The van der Waals surface area contributed by atoms with E-state index in [0.29, 0.717) is 5.92 Å². The second-order valence-corrected chi connectivity index (χ2v) is 10.8. The second kappa shape index (κ2) is 6.39. The number of hydrogen-bond acceptors (Lipinski definition) is 2. The molecule has 0 heterocycles. The van der Waals surface area contributed by atoms with E-state index in [1.54, 1.807) is 0 Å². The SMILES string of the molecule is CC(C)CC[C@@H](N)c1ccc(O[Si](C)(C)C)cc1. The Labute approximate surface area is 113 Å². The van der Waals surface area contributed by atoms with Gasteiger partial charge in [0.15, 0.2) is 0 Å². The summed E-state index contributed by atoms with van der Waals surface area (Å²) in [5.74, 6) is 1.68. The molecular formula is C15H27NOSi. The van der Waals surface area contributed by atoms with Gasteiger partial charge in [-0.05, 0) is 56.1 Å². The highest BCUT2D eigenvalue weighted by molar-refractivity contribution is 6.70. The van der Waals surface area contributed by atoms with Gasteiger partial charge in [-0.1, -0.05) is 26.0 Å². The highest BCUT2D eigenvalue weighted by atomic mass is 28.4. The van der Waals surface area contributed by atoms with Gasteiger partial charge >= 0.3 is 0 Å². The zero-order valence-electron chi connectivity index (χ0n) is 12.4. The van der Waals surface area contributed by atoms with Gasteiger partial charge in [0.05, 0.1) is 0 Å². The van der Waals surface area contributed by atoms with Crippen molar-refractivity contribution in [2.24, 2.45) is 11.7 Å². The van der Waals surface area contributed by atoms with Crippen LogP contribution in [-0.4, -0.2) is 8.32 Å². The van der Waals surface area contributed by atoms with E-state index in [0.717, 1.165) is 12.2 Å². The predicted molar refractivity (Wildman–Crippen MR) is 81.4 cm³/mol. The zero-order chi connectivity index (χ0) is 13.8. The molecule has 3 heteroatoms. The van der Waals surface area contributed by atoms with Gasteiger partial charge in [-0.15, -0.1) is 0 Å². The van der Waals surface area contributed by atoms with Gasteiger partial charge < -0.3 is 10.2 Å². The Hall–Kier alpha value is -0.803. The van der Waals surface area contributed by atoms with Crippen LogP contribution in [0.2, 0.25) is 19.6 Å². The van der Waals surface area contributed by atoms with Crippen molar-refractivity contribution in [3.8, 4) is 5.75 Å². The molecule has 0 aliphatic heterocycles. The third-order valence-corrected chi connectivity index (χ3v) is 3.64. The lowest BCUT2D eigenvalue weighted by Gasteiger charge is -2.20. The molecular weight excluding hydrogens is 238 g/mol. The molecule has 0 radical (unpaired) electrons. The summed E-state index contributed by atoms with van der Waals surface area (Å²) in [5, 5.41) is 0. The highest BCUT2D eigenvalue weighted by Gasteiger charge is 2.16. The summed E-state index contributed by atoms with van der Waals surface area (Å²) in [6.07, 6.45) is 2.22. The van der Waals surface area contributed by atoms with Crippen LogP contribution in [0.5, 0.6) is 5.75 Å². The molecule has 0 aliphatic carbocycles. The predicted octanol–water partition coefficient (Wildman–Crippen LogP) is 4.34. The minimum absolute atomic E-state index is 0.147. The summed E-state index contributed by atoms with van der Waals surface area (Å²) in [6.45, 7) is 11.0. The summed E-state index contributed by atoms with van der Waals surface area (Å²) >= 11 is 0. The molecule has 0 saturated carbocycles. The fourth-order valence-corrected chi connectivity index (χ4v) is 2.66. The molecule has 2 N–H and O–H groups in total. The zero-order valence-corrected chi connectivity index (χ0v) is 13.4.